The second kappa shape index (κ2) is 9.90. The zero-order valence-corrected chi connectivity index (χ0v) is 20.4. The number of aryl methyl sites for hydroxylation is 1. The van der Waals surface area contributed by atoms with Crippen LogP contribution in [0.4, 0.5) is 21.8 Å². The summed E-state index contributed by atoms with van der Waals surface area (Å²) < 4.78 is 16.9. The van der Waals surface area contributed by atoms with Gasteiger partial charge in [-0.1, -0.05) is 12.1 Å². The molecule has 0 radical (unpaired) electrons. The summed E-state index contributed by atoms with van der Waals surface area (Å²) in [6.07, 6.45) is 5.24. The van der Waals surface area contributed by atoms with Crippen LogP contribution in [0.15, 0.2) is 60.0 Å². The predicted octanol–water partition coefficient (Wildman–Crippen LogP) is 3.86. The van der Waals surface area contributed by atoms with Gasteiger partial charge in [0.2, 0.25) is 5.95 Å². The Labute approximate surface area is 208 Å². The lowest BCUT2D eigenvalue weighted by atomic mass is 10.1. The maximum atomic E-state index is 13.7. The third-order valence-electron chi connectivity index (χ3n) is 6.41. The first kappa shape index (κ1) is 23.7. The molecular formula is C26H29FN8O. The molecule has 1 saturated heterocycles. The molecule has 3 aromatic heterocycles. The molecule has 1 aliphatic heterocycles. The molecule has 1 fully saturated rings. The summed E-state index contributed by atoms with van der Waals surface area (Å²) in [6.45, 7) is 7.86. The van der Waals surface area contributed by atoms with Gasteiger partial charge in [0.25, 0.3) is 5.56 Å². The molecule has 186 valence electrons. The molecule has 0 bridgehead atoms. The molecule has 0 saturated carbocycles. The number of hydrogen-bond donors (Lipinski definition) is 2. The smallest absolute Gasteiger partial charge is 0.278 e. The largest absolute Gasteiger partial charge is 0.367 e. The van der Waals surface area contributed by atoms with Crippen molar-refractivity contribution in [3.63, 3.8) is 0 Å². The van der Waals surface area contributed by atoms with Gasteiger partial charge in [0.15, 0.2) is 11.5 Å². The first-order chi connectivity index (χ1) is 17.4. The van der Waals surface area contributed by atoms with Crippen LogP contribution in [-0.2, 0) is 6.54 Å². The van der Waals surface area contributed by atoms with Crippen molar-refractivity contribution in [2.24, 2.45) is 0 Å². The standard InChI is InChI=1S/C26H29FN8O/c1-4-12-34-25(36)20-16-28-26(30-19-8-9-21(27)17(2)15-19)32-24(20)35(34)23-7-5-6-22(31-23)29-18-10-13-33(3)14-11-18/h4-9,15-16,18H,1,10-14H2,2-3H3,(H,29,31)(H,28,30,32). The Balaban J connectivity index is 1.54. The first-order valence-electron chi connectivity index (χ1n) is 12.0. The van der Waals surface area contributed by atoms with Gasteiger partial charge < -0.3 is 15.5 Å². The van der Waals surface area contributed by atoms with Crippen LogP contribution in [0, 0.1) is 12.7 Å². The highest BCUT2D eigenvalue weighted by molar-refractivity contribution is 5.77. The Bertz CT molecular complexity index is 1470. The van der Waals surface area contributed by atoms with Crippen molar-refractivity contribution in [3.8, 4) is 5.82 Å². The second-order valence-electron chi connectivity index (χ2n) is 9.11. The van der Waals surface area contributed by atoms with E-state index in [1.54, 1.807) is 34.5 Å². The maximum Gasteiger partial charge on any atom is 0.278 e. The van der Waals surface area contributed by atoms with E-state index in [4.69, 9.17) is 4.98 Å². The number of aromatic nitrogens is 5. The molecule has 5 rings (SSSR count). The van der Waals surface area contributed by atoms with E-state index >= 15 is 0 Å². The van der Waals surface area contributed by atoms with Crippen molar-refractivity contribution in [1.82, 2.24) is 29.2 Å². The molecule has 36 heavy (non-hydrogen) atoms. The second-order valence-corrected chi connectivity index (χ2v) is 9.11. The highest BCUT2D eigenvalue weighted by Crippen LogP contribution is 2.21. The minimum Gasteiger partial charge on any atom is -0.367 e. The Morgan fingerprint density at radius 3 is 2.75 bits per heavy atom. The molecule has 0 aliphatic carbocycles. The Morgan fingerprint density at radius 2 is 2.00 bits per heavy atom. The lowest BCUT2D eigenvalue weighted by molar-refractivity contribution is 0.263. The van der Waals surface area contributed by atoms with E-state index < -0.39 is 0 Å². The summed E-state index contributed by atoms with van der Waals surface area (Å²) in [5, 5.41) is 7.01. The average Bonchev–Trinajstić information content (AvgIpc) is 3.14. The first-order valence-corrected chi connectivity index (χ1v) is 12.0. The fourth-order valence-corrected chi connectivity index (χ4v) is 4.44. The Morgan fingerprint density at radius 1 is 1.19 bits per heavy atom. The third-order valence-corrected chi connectivity index (χ3v) is 6.41. The molecule has 0 amide bonds. The van der Waals surface area contributed by atoms with Gasteiger partial charge in [0, 0.05) is 17.9 Å². The Hall–Kier alpha value is -4.05. The molecule has 0 spiro atoms. The zero-order chi connectivity index (χ0) is 25.2. The molecule has 2 N–H and O–H groups in total. The van der Waals surface area contributed by atoms with Gasteiger partial charge in [-0.2, -0.15) is 4.98 Å². The Kier molecular flexibility index (Phi) is 6.51. The zero-order valence-electron chi connectivity index (χ0n) is 20.4. The molecule has 4 heterocycles. The molecule has 0 unspecified atom stereocenters. The van der Waals surface area contributed by atoms with Gasteiger partial charge in [0.05, 0.1) is 6.54 Å². The predicted molar refractivity (Wildman–Crippen MR) is 140 cm³/mol. The van der Waals surface area contributed by atoms with Crippen molar-refractivity contribution in [1.29, 1.82) is 0 Å². The van der Waals surface area contributed by atoms with Gasteiger partial charge in [-0.15, -0.1) is 6.58 Å². The van der Waals surface area contributed by atoms with Crippen LogP contribution in [0.1, 0.15) is 18.4 Å². The number of pyridine rings is 1. The van der Waals surface area contributed by atoms with E-state index in [-0.39, 0.29) is 17.9 Å². The van der Waals surface area contributed by atoms with Crippen LogP contribution in [0.2, 0.25) is 0 Å². The number of fused-ring (bicyclic) bond motifs is 1. The van der Waals surface area contributed by atoms with Gasteiger partial charge in [-0.05, 0) is 75.8 Å². The number of anilines is 3. The van der Waals surface area contributed by atoms with Crippen LogP contribution < -0.4 is 16.2 Å². The molecule has 1 aromatic carbocycles. The summed E-state index contributed by atoms with van der Waals surface area (Å²) in [4.78, 5) is 29.3. The van der Waals surface area contributed by atoms with E-state index in [1.807, 2.05) is 18.2 Å². The molecule has 9 nitrogen and oxygen atoms in total. The minimum absolute atomic E-state index is 0.232. The van der Waals surface area contributed by atoms with E-state index in [0.717, 1.165) is 31.7 Å². The molecule has 1 aliphatic rings. The number of allylic oxidation sites excluding steroid dienone is 1. The summed E-state index contributed by atoms with van der Waals surface area (Å²) in [6, 6.07) is 10.7. The summed E-state index contributed by atoms with van der Waals surface area (Å²) >= 11 is 0. The van der Waals surface area contributed by atoms with Crippen molar-refractivity contribution >= 4 is 28.5 Å². The van der Waals surface area contributed by atoms with Gasteiger partial charge >= 0.3 is 0 Å². The van der Waals surface area contributed by atoms with Crippen LogP contribution in [0.5, 0.6) is 0 Å². The number of hydrogen-bond acceptors (Lipinski definition) is 7. The number of rotatable bonds is 7. The van der Waals surface area contributed by atoms with Crippen LogP contribution in [0.25, 0.3) is 16.9 Å². The van der Waals surface area contributed by atoms with E-state index in [2.05, 4.69) is 39.1 Å². The topological polar surface area (TPSA) is 92.9 Å². The average molecular weight is 489 g/mol. The molecule has 0 atom stereocenters. The van der Waals surface area contributed by atoms with Gasteiger partial charge in [-0.25, -0.2) is 23.7 Å². The third kappa shape index (κ3) is 4.72. The summed E-state index contributed by atoms with van der Waals surface area (Å²) in [7, 11) is 2.13. The molecule has 10 heteroatoms. The summed E-state index contributed by atoms with van der Waals surface area (Å²) in [5.41, 5.74) is 1.34. The number of likely N-dealkylation sites (tertiary alicyclic amines) is 1. The molecular weight excluding hydrogens is 459 g/mol. The lowest BCUT2D eigenvalue weighted by Gasteiger charge is -2.29. The van der Waals surface area contributed by atoms with Crippen molar-refractivity contribution < 1.29 is 4.39 Å². The highest BCUT2D eigenvalue weighted by Gasteiger charge is 2.20. The van der Waals surface area contributed by atoms with Crippen LogP contribution in [0.3, 0.4) is 0 Å². The molecule has 4 aromatic rings. The van der Waals surface area contributed by atoms with Crippen molar-refractivity contribution in [3.05, 3.63) is 77.0 Å². The number of halogens is 1. The van der Waals surface area contributed by atoms with E-state index in [9.17, 15) is 9.18 Å². The van der Waals surface area contributed by atoms with Gasteiger partial charge in [-0.3, -0.25) is 4.79 Å². The monoisotopic (exact) mass is 488 g/mol. The fraction of sp³-hybridized carbons (Fsp3) is 0.308. The van der Waals surface area contributed by atoms with Gasteiger partial charge in [0.1, 0.15) is 17.0 Å². The summed E-state index contributed by atoms with van der Waals surface area (Å²) in [5.74, 6) is 1.31. The number of nitrogens with zero attached hydrogens (tertiary/aromatic N) is 6. The van der Waals surface area contributed by atoms with Crippen LogP contribution in [-0.4, -0.2) is 55.4 Å². The number of piperidine rings is 1. The van der Waals surface area contributed by atoms with E-state index in [0.29, 0.717) is 40.1 Å². The maximum absolute atomic E-state index is 13.7. The highest BCUT2D eigenvalue weighted by atomic mass is 19.1. The van der Waals surface area contributed by atoms with E-state index in [1.165, 1.54) is 12.3 Å². The van der Waals surface area contributed by atoms with Crippen LogP contribution >= 0.6 is 0 Å². The van der Waals surface area contributed by atoms with Crippen molar-refractivity contribution in [2.75, 3.05) is 30.8 Å². The number of nitrogens with one attached hydrogen (secondary N) is 2. The fourth-order valence-electron chi connectivity index (χ4n) is 4.44. The normalized spacial score (nSPS) is 14.8. The minimum atomic E-state index is -0.285. The SMILES string of the molecule is C=CCn1c(=O)c2cnc(Nc3ccc(F)c(C)c3)nc2n1-c1cccc(NC2CCN(C)CC2)n1. The van der Waals surface area contributed by atoms with Crippen molar-refractivity contribution in [2.45, 2.75) is 32.4 Å². The lowest BCUT2D eigenvalue weighted by Crippen LogP contribution is -2.36. The quantitative estimate of drug-likeness (QED) is 0.382. The number of benzene rings is 1.